The van der Waals surface area contributed by atoms with E-state index in [9.17, 15) is 4.79 Å². The summed E-state index contributed by atoms with van der Waals surface area (Å²) in [4.78, 5) is 18.9. The number of rotatable bonds is 2. The third-order valence-corrected chi connectivity index (χ3v) is 2.57. The van der Waals surface area contributed by atoms with Crippen LogP contribution < -0.4 is 0 Å². The molecule has 4 heteroatoms. The minimum atomic E-state index is -0.389. The molecule has 0 aliphatic heterocycles. The lowest BCUT2D eigenvalue weighted by Crippen LogP contribution is -2.09. The van der Waals surface area contributed by atoms with E-state index < -0.39 is 0 Å². The molecule has 2 rings (SSSR count). The van der Waals surface area contributed by atoms with Crippen LogP contribution in [0, 0.1) is 0 Å². The molecule has 0 saturated carbocycles. The van der Waals surface area contributed by atoms with Crippen molar-refractivity contribution in [3.8, 4) is 0 Å². The summed E-state index contributed by atoms with van der Waals surface area (Å²) in [5.74, 6) is -0.152. The molecule has 0 unspecified atom stereocenters. The largest absolute Gasteiger partial charge is 0.464 e. The molecule has 0 fully saturated rings. The first kappa shape index (κ1) is 10.7. The number of nitrogens with zero attached hydrogens (tertiary/aromatic N) is 1. The van der Waals surface area contributed by atoms with Crippen molar-refractivity contribution in [3.05, 3.63) is 29.6 Å². The molecule has 16 heavy (non-hydrogen) atoms. The maximum Gasteiger partial charge on any atom is 0.357 e. The van der Waals surface area contributed by atoms with E-state index in [-0.39, 0.29) is 11.9 Å². The van der Waals surface area contributed by atoms with Gasteiger partial charge in [-0.15, -0.1) is 0 Å². The Morgan fingerprint density at radius 3 is 2.88 bits per heavy atom. The molecule has 0 atom stereocenters. The summed E-state index contributed by atoms with van der Waals surface area (Å²) in [5, 5.41) is 1.01. The number of aromatic amines is 1. The van der Waals surface area contributed by atoms with Gasteiger partial charge in [0.25, 0.3) is 0 Å². The average molecular weight is 218 g/mol. The van der Waals surface area contributed by atoms with Crippen LogP contribution in [0.2, 0.25) is 0 Å². The highest BCUT2D eigenvalue weighted by Gasteiger charge is 2.17. The van der Waals surface area contributed by atoms with Crippen LogP contribution in [0.25, 0.3) is 11.0 Å². The number of H-pyrrole nitrogens is 1. The molecule has 0 amide bonds. The number of carbonyl (C=O) groups is 1. The standard InChI is InChI=1S/C12H14N2O2/c1-7(2)9-6-8-4-5-13-11(8)14-10(9)12(15)16-3/h4-7H,1-3H3,(H,13,14). The number of ether oxygens (including phenoxy) is 1. The van der Waals surface area contributed by atoms with Gasteiger partial charge in [-0.3, -0.25) is 0 Å². The monoisotopic (exact) mass is 218 g/mol. The minimum absolute atomic E-state index is 0.237. The lowest BCUT2D eigenvalue weighted by atomic mass is 10.0. The van der Waals surface area contributed by atoms with E-state index in [4.69, 9.17) is 4.74 Å². The Morgan fingerprint density at radius 1 is 1.50 bits per heavy atom. The third-order valence-electron chi connectivity index (χ3n) is 2.57. The van der Waals surface area contributed by atoms with E-state index in [1.165, 1.54) is 7.11 Å². The lowest BCUT2D eigenvalue weighted by Gasteiger charge is -2.10. The maximum absolute atomic E-state index is 11.6. The van der Waals surface area contributed by atoms with E-state index >= 15 is 0 Å². The Hall–Kier alpha value is -1.84. The van der Waals surface area contributed by atoms with Gasteiger partial charge in [0, 0.05) is 11.6 Å². The summed E-state index contributed by atoms with van der Waals surface area (Å²) in [6.45, 7) is 4.06. The zero-order valence-electron chi connectivity index (χ0n) is 9.57. The average Bonchev–Trinajstić information content (AvgIpc) is 2.73. The molecular formula is C12H14N2O2. The SMILES string of the molecule is COC(=O)c1nc2[nH]ccc2cc1C(C)C. The number of fused-ring (bicyclic) bond motifs is 1. The summed E-state index contributed by atoms with van der Waals surface area (Å²) in [5.41, 5.74) is 2.02. The summed E-state index contributed by atoms with van der Waals surface area (Å²) in [6.07, 6.45) is 1.81. The van der Waals surface area contributed by atoms with Gasteiger partial charge >= 0.3 is 5.97 Å². The smallest absolute Gasteiger partial charge is 0.357 e. The van der Waals surface area contributed by atoms with Crippen molar-refractivity contribution >= 4 is 17.0 Å². The molecule has 0 aliphatic carbocycles. The molecule has 0 spiro atoms. The Morgan fingerprint density at radius 2 is 2.25 bits per heavy atom. The first-order chi connectivity index (χ1) is 7.63. The Balaban J connectivity index is 2.67. The zero-order valence-corrected chi connectivity index (χ0v) is 9.57. The van der Waals surface area contributed by atoms with E-state index in [1.54, 1.807) is 0 Å². The number of pyridine rings is 1. The second-order valence-electron chi connectivity index (χ2n) is 3.99. The van der Waals surface area contributed by atoms with Crippen LogP contribution in [0.5, 0.6) is 0 Å². The molecule has 2 heterocycles. The molecule has 0 saturated heterocycles. The Labute approximate surface area is 93.6 Å². The second kappa shape index (κ2) is 3.96. The van der Waals surface area contributed by atoms with Crippen LogP contribution in [-0.4, -0.2) is 23.0 Å². The summed E-state index contributed by atoms with van der Waals surface area (Å²) < 4.78 is 4.74. The molecule has 0 radical (unpaired) electrons. The maximum atomic E-state index is 11.6. The summed E-state index contributed by atoms with van der Waals surface area (Å²) in [7, 11) is 1.37. The van der Waals surface area contributed by atoms with Crippen molar-refractivity contribution in [2.24, 2.45) is 0 Å². The van der Waals surface area contributed by atoms with Crippen molar-refractivity contribution in [2.45, 2.75) is 19.8 Å². The highest BCUT2D eigenvalue weighted by molar-refractivity contribution is 5.92. The van der Waals surface area contributed by atoms with Crippen LogP contribution >= 0.6 is 0 Å². The number of nitrogens with one attached hydrogen (secondary N) is 1. The van der Waals surface area contributed by atoms with E-state index in [1.807, 2.05) is 32.2 Å². The first-order valence-electron chi connectivity index (χ1n) is 5.20. The number of methoxy groups -OCH3 is 1. The Bertz CT molecular complexity index is 529. The van der Waals surface area contributed by atoms with Crippen molar-refractivity contribution < 1.29 is 9.53 Å². The van der Waals surface area contributed by atoms with Gasteiger partial charge in [0.05, 0.1) is 7.11 Å². The molecule has 1 N–H and O–H groups in total. The van der Waals surface area contributed by atoms with Gasteiger partial charge in [-0.2, -0.15) is 0 Å². The van der Waals surface area contributed by atoms with Crippen LogP contribution in [0.15, 0.2) is 18.3 Å². The van der Waals surface area contributed by atoms with Gasteiger partial charge in [0.2, 0.25) is 0 Å². The fourth-order valence-corrected chi connectivity index (χ4v) is 1.70. The molecule has 0 aromatic carbocycles. The predicted octanol–water partition coefficient (Wildman–Crippen LogP) is 2.47. The van der Waals surface area contributed by atoms with Crippen LogP contribution in [0.4, 0.5) is 0 Å². The molecule has 84 valence electrons. The molecule has 2 aromatic heterocycles. The fourth-order valence-electron chi connectivity index (χ4n) is 1.70. The lowest BCUT2D eigenvalue weighted by molar-refractivity contribution is 0.0592. The van der Waals surface area contributed by atoms with Gasteiger partial charge in [-0.05, 0) is 23.6 Å². The summed E-state index contributed by atoms with van der Waals surface area (Å²) in [6, 6.07) is 3.92. The van der Waals surface area contributed by atoms with E-state index in [0.29, 0.717) is 11.3 Å². The van der Waals surface area contributed by atoms with Crippen molar-refractivity contribution in [1.82, 2.24) is 9.97 Å². The van der Waals surface area contributed by atoms with Crippen molar-refractivity contribution in [2.75, 3.05) is 7.11 Å². The molecule has 2 aromatic rings. The van der Waals surface area contributed by atoms with E-state index in [2.05, 4.69) is 9.97 Å². The first-order valence-corrected chi connectivity index (χ1v) is 5.20. The van der Waals surface area contributed by atoms with Crippen molar-refractivity contribution in [3.63, 3.8) is 0 Å². The van der Waals surface area contributed by atoms with Crippen LogP contribution in [0.1, 0.15) is 35.8 Å². The number of carbonyl (C=O) groups excluding carboxylic acids is 1. The highest BCUT2D eigenvalue weighted by atomic mass is 16.5. The third kappa shape index (κ3) is 1.66. The zero-order chi connectivity index (χ0) is 11.7. The fraction of sp³-hybridized carbons (Fsp3) is 0.333. The van der Waals surface area contributed by atoms with Crippen molar-refractivity contribution in [1.29, 1.82) is 0 Å². The van der Waals surface area contributed by atoms with Crippen LogP contribution in [0.3, 0.4) is 0 Å². The van der Waals surface area contributed by atoms with Gasteiger partial charge < -0.3 is 9.72 Å². The summed E-state index contributed by atoms with van der Waals surface area (Å²) >= 11 is 0. The predicted molar refractivity (Wildman–Crippen MR) is 61.5 cm³/mol. The van der Waals surface area contributed by atoms with Gasteiger partial charge in [-0.25, -0.2) is 9.78 Å². The van der Waals surface area contributed by atoms with E-state index in [0.717, 1.165) is 10.9 Å². The Kier molecular flexibility index (Phi) is 2.64. The highest BCUT2D eigenvalue weighted by Crippen LogP contribution is 2.23. The van der Waals surface area contributed by atoms with Gasteiger partial charge in [0.15, 0.2) is 5.69 Å². The van der Waals surface area contributed by atoms with Gasteiger partial charge in [-0.1, -0.05) is 13.8 Å². The quantitative estimate of drug-likeness (QED) is 0.788. The number of esters is 1. The topological polar surface area (TPSA) is 55.0 Å². The number of aromatic nitrogens is 2. The normalized spacial score (nSPS) is 11.0. The molecule has 0 aliphatic rings. The van der Waals surface area contributed by atoms with Crippen LogP contribution in [-0.2, 0) is 4.74 Å². The molecule has 4 nitrogen and oxygen atoms in total. The minimum Gasteiger partial charge on any atom is -0.464 e. The van der Waals surface area contributed by atoms with Gasteiger partial charge in [0.1, 0.15) is 5.65 Å². The second-order valence-corrected chi connectivity index (χ2v) is 3.99. The number of hydrogen-bond donors (Lipinski definition) is 1. The number of hydrogen-bond acceptors (Lipinski definition) is 3. The molecule has 0 bridgehead atoms. The molecular weight excluding hydrogens is 204 g/mol.